The number of benzene rings is 1. The van der Waals surface area contributed by atoms with Gasteiger partial charge in [-0.15, -0.1) is 10.2 Å². The highest BCUT2D eigenvalue weighted by molar-refractivity contribution is 5.31. The summed E-state index contributed by atoms with van der Waals surface area (Å²) in [7, 11) is 0. The molecule has 2 aromatic rings. The van der Waals surface area contributed by atoms with Crippen LogP contribution in [-0.2, 0) is 6.18 Å². The number of hydrogen-bond donors (Lipinski definition) is 0. The number of alkyl halides is 3. The summed E-state index contributed by atoms with van der Waals surface area (Å²) in [6.45, 7) is 1.58. The third-order valence-electron chi connectivity index (χ3n) is 2.30. The Kier molecular flexibility index (Phi) is 3.37. The molecule has 3 nitrogen and oxygen atoms in total. The Bertz CT molecular complexity index is 581. The highest BCUT2D eigenvalue weighted by Gasteiger charge is 2.32. The van der Waals surface area contributed by atoms with Crippen molar-refractivity contribution in [2.24, 2.45) is 0 Å². The number of aryl methyl sites for hydroxylation is 1. The van der Waals surface area contributed by atoms with Gasteiger partial charge in [-0.1, -0.05) is 6.07 Å². The fourth-order valence-electron chi connectivity index (χ4n) is 1.28. The van der Waals surface area contributed by atoms with E-state index in [9.17, 15) is 17.6 Å². The standard InChI is InChI=1S/C12H8F4N2O/c1-7-2-3-8(6-9(7)13)19-11-5-4-10(17-18-11)12(14,15)16/h2-6H,1H3. The van der Waals surface area contributed by atoms with Crippen LogP contribution in [0.3, 0.4) is 0 Å². The number of ether oxygens (including phenoxy) is 1. The van der Waals surface area contributed by atoms with E-state index in [-0.39, 0.29) is 11.6 Å². The van der Waals surface area contributed by atoms with Crippen molar-refractivity contribution >= 4 is 0 Å². The molecule has 1 aromatic carbocycles. The molecule has 0 fully saturated rings. The van der Waals surface area contributed by atoms with E-state index in [1.807, 2.05) is 0 Å². The third kappa shape index (κ3) is 3.18. The lowest BCUT2D eigenvalue weighted by atomic mass is 10.2. The summed E-state index contributed by atoms with van der Waals surface area (Å²) in [6, 6.07) is 5.86. The van der Waals surface area contributed by atoms with Crippen molar-refractivity contribution in [2.45, 2.75) is 13.1 Å². The van der Waals surface area contributed by atoms with Crippen LogP contribution in [0.4, 0.5) is 17.6 Å². The van der Waals surface area contributed by atoms with Crippen molar-refractivity contribution in [3.8, 4) is 11.6 Å². The Morgan fingerprint density at radius 2 is 1.79 bits per heavy atom. The first-order valence-corrected chi connectivity index (χ1v) is 5.21. The zero-order valence-corrected chi connectivity index (χ0v) is 9.70. The molecule has 0 aliphatic carbocycles. The van der Waals surface area contributed by atoms with Gasteiger partial charge in [-0.2, -0.15) is 13.2 Å². The number of hydrogen-bond acceptors (Lipinski definition) is 3. The molecule has 2 rings (SSSR count). The van der Waals surface area contributed by atoms with E-state index in [4.69, 9.17) is 4.74 Å². The van der Waals surface area contributed by atoms with E-state index in [2.05, 4.69) is 10.2 Å². The maximum atomic E-state index is 13.2. The molecule has 0 amide bonds. The van der Waals surface area contributed by atoms with Crippen LogP contribution in [0.25, 0.3) is 0 Å². The Balaban J connectivity index is 2.17. The molecule has 0 saturated carbocycles. The molecule has 19 heavy (non-hydrogen) atoms. The van der Waals surface area contributed by atoms with Gasteiger partial charge in [-0.3, -0.25) is 0 Å². The Hall–Kier alpha value is -2.18. The predicted octanol–water partition coefficient (Wildman–Crippen LogP) is 3.74. The van der Waals surface area contributed by atoms with Crippen LogP contribution < -0.4 is 4.74 Å². The van der Waals surface area contributed by atoms with Gasteiger partial charge >= 0.3 is 6.18 Å². The monoisotopic (exact) mass is 272 g/mol. The average Bonchev–Trinajstić information content (AvgIpc) is 2.33. The number of rotatable bonds is 2. The normalized spacial score (nSPS) is 11.4. The lowest BCUT2D eigenvalue weighted by molar-refractivity contribution is -0.141. The first-order chi connectivity index (χ1) is 8.86. The van der Waals surface area contributed by atoms with Crippen LogP contribution in [0.15, 0.2) is 30.3 Å². The second kappa shape index (κ2) is 4.83. The van der Waals surface area contributed by atoms with Gasteiger partial charge in [0.15, 0.2) is 5.69 Å². The molecule has 1 aromatic heterocycles. The molecule has 0 radical (unpaired) electrons. The van der Waals surface area contributed by atoms with Crippen molar-refractivity contribution in [3.63, 3.8) is 0 Å². The van der Waals surface area contributed by atoms with Gasteiger partial charge in [-0.05, 0) is 24.6 Å². The molecule has 0 spiro atoms. The molecule has 0 aliphatic rings. The molecule has 100 valence electrons. The van der Waals surface area contributed by atoms with Gasteiger partial charge in [0, 0.05) is 12.1 Å². The maximum Gasteiger partial charge on any atom is 0.435 e. The van der Waals surface area contributed by atoms with E-state index >= 15 is 0 Å². The molecule has 0 unspecified atom stereocenters. The van der Waals surface area contributed by atoms with E-state index in [0.717, 1.165) is 18.2 Å². The molecule has 0 N–H and O–H groups in total. The molecule has 0 saturated heterocycles. The number of aromatic nitrogens is 2. The second-order valence-electron chi connectivity index (χ2n) is 3.77. The summed E-state index contributed by atoms with van der Waals surface area (Å²) in [6.07, 6.45) is -4.55. The van der Waals surface area contributed by atoms with Gasteiger partial charge in [0.2, 0.25) is 5.88 Å². The van der Waals surface area contributed by atoms with Crippen LogP contribution in [0.5, 0.6) is 11.6 Å². The van der Waals surface area contributed by atoms with Crippen LogP contribution in [-0.4, -0.2) is 10.2 Å². The Morgan fingerprint density at radius 3 is 2.32 bits per heavy atom. The summed E-state index contributed by atoms with van der Waals surface area (Å²) in [5, 5.41) is 6.27. The summed E-state index contributed by atoms with van der Waals surface area (Å²) in [4.78, 5) is 0. The predicted molar refractivity (Wildman–Crippen MR) is 58.2 cm³/mol. The van der Waals surface area contributed by atoms with E-state index < -0.39 is 17.7 Å². The minimum absolute atomic E-state index is 0.136. The molecule has 7 heteroatoms. The maximum absolute atomic E-state index is 13.2. The van der Waals surface area contributed by atoms with Crippen LogP contribution >= 0.6 is 0 Å². The van der Waals surface area contributed by atoms with Crippen molar-refractivity contribution in [1.29, 1.82) is 0 Å². The van der Waals surface area contributed by atoms with Crippen LogP contribution in [0.1, 0.15) is 11.3 Å². The minimum atomic E-state index is -4.55. The topological polar surface area (TPSA) is 35.0 Å². The van der Waals surface area contributed by atoms with Crippen LogP contribution in [0, 0.1) is 12.7 Å². The van der Waals surface area contributed by atoms with Gasteiger partial charge < -0.3 is 4.74 Å². The van der Waals surface area contributed by atoms with E-state index in [1.54, 1.807) is 6.92 Å². The first kappa shape index (κ1) is 13.3. The fourth-order valence-corrected chi connectivity index (χ4v) is 1.28. The lowest BCUT2D eigenvalue weighted by Gasteiger charge is -2.07. The Labute approximate surface area is 105 Å². The third-order valence-corrected chi connectivity index (χ3v) is 2.30. The summed E-state index contributed by atoms with van der Waals surface area (Å²) < 4.78 is 55.1. The zero-order valence-electron chi connectivity index (χ0n) is 9.70. The highest BCUT2D eigenvalue weighted by atomic mass is 19.4. The smallest absolute Gasteiger partial charge is 0.435 e. The zero-order chi connectivity index (χ0) is 14.0. The van der Waals surface area contributed by atoms with Gasteiger partial charge in [-0.25, -0.2) is 4.39 Å². The number of nitrogens with zero attached hydrogens (tertiary/aromatic N) is 2. The Morgan fingerprint density at radius 1 is 1.05 bits per heavy atom. The molecule has 0 bridgehead atoms. The minimum Gasteiger partial charge on any atom is -0.437 e. The van der Waals surface area contributed by atoms with Crippen molar-refractivity contribution < 1.29 is 22.3 Å². The summed E-state index contributed by atoms with van der Waals surface area (Å²) >= 11 is 0. The molecular weight excluding hydrogens is 264 g/mol. The second-order valence-corrected chi connectivity index (χ2v) is 3.77. The van der Waals surface area contributed by atoms with Gasteiger partial charge in [0.25, 0.3) is 0 Å². The largest absolute Gasteiger partial charge is 0.437 e. The average molecular weight is 272 g/mol. The van der Waals surface area contributed by atoms with Crippen molar-refractivity contribution in [3.05, 3.63) is 47.4 Å². The van der Waals surface area contributed by atoms with Crippen molar-refractivity contribution in [1.82, 2.24) is 10.2 Å². The fraction of sp³-hybridized carbons (Fsp3) is 0.167. The van der Waals surface area contributed by atoms with Gasteiger partial charge in [0.05, 0.1) is 0 Å². The first-order valence-electron chi connectivity index (χ1n) is 5.21. The molecular formula is C12H8F4N2O. The SMILES string of the molecule is Cc1ccc(Oc2ccc(C(F)(F)F)nn2)cc1F. The lowest BCUT2D eigenvalue weighted by Crippen LogP contribution is -2.08. The van der Waals surface area contributed by atoms with Gasteiger partial charge in [0.1, 0.15) is 11.6 Å². The highest BCUT2D eigenvalue weighted by Crippen LogP contribution is 2.28. The summed E-state index contributed by atoms with van der Waals surface area (Å²) in [5.74, 6) is -0.481. The van der Waals surface area contributed by atoms with Crippen LogP contribution in [0.2, 0.25) is 0 Å². The summed E-state index contributed by atoms with van der Waals surface area (Å²) in [5.41, 5.74) is -0.680. The molecule has 0 atom stereocenters. The van der Waals surface area contributed by atoms with E-state index in [1.165, 1.54) is 12.1 Å². The quantitative estimate of drug-likeness (QED) is 0.781. The van der Waals surface area contributed by atoms with E-state index in [0.29, 0.717) is 5.56 Å². The molecule has 1 heterocycles. The number of halogens is 4. The van der Waals surface area contributed by atoms with Crippen molar-refractivity contribution in [2.75, 3.05) is 0 Å². The molecule has 0 aliphatic heterocycles.